The van der Waals surface area contributed by atoms with E-state index >= 15 is 0 Å². The van der Waals surface area contributed by atoms with Crippen LogP contribution in [0.4, 0.5) is 0 Å². The van der Waals surface area contributed by atoms with Crippen LogP contribution in [0, 0.1) is 5.92 Å². The summed E-state index contributed by atoms with van der Waals surface area (Å²) in [5, 5.41) is 9.15. The summed E-state index contributed by atoms with van der Waals surface area (Å²) in [7, 11) is 0. The van der Waals surface area contributed by atoms with Crippen LogP contribution in [-0.2, 0) is 0 Å². The molecule has 0 aromatic carbocycles. The van der Waals surface area contributed by atoms with Crippen molar-refractivity contribution in [1.82, 2.24) is 10.2 Å². The Bertz CT molecular complexity index is 301. The molecular formula is C10H20N3OS+. The number of rotatable bonds is 5. The Morgan fingerprint density at radius 1 is 1.33 bits per heavy atom. The highest BCUT2D eigenvalue weighted by Gasteiger charge is 2.23. The van der Waals surface area contributed by atoms with Gasteiger partial charge in [-0.05, 0) is 6.42 Å². The fraction of sp³-hybridized carbons (Fsp3) is 0.800. The molecule has 1 heterocycles. The topological polar surface area (TPSA) is 66.6 Å². The minimum atomic E-state index is 0.101. The van der Waals surface area contributed by atoms with Crippen LogP contribution in [-0.4, -0.2) is 15.4 Å². The highest BCUT2D eigenvalue weighted by Crippen LogP contribution is 2.25. The van der Waals surface area contributed by atoms with Gasteiger partial charge in [0, 0.05) is 11.2 Å². The molecule has 0 saturated heterocycles. The van der Waals surface area contributed by atoms with Gasteiger partial charge in [0.15, 0.2) is 6.04 Å². The van der Waals surface area contributed by atoms with Crippen LogP contribution < -0.4 is 5.73 Å². The zero-order chi connectivity index (χ0) is 11.4. The summed E-state index contributed by atoms with van der Waals surface area (Å²) >= 11 is 1.59. The molecule has 0 aliphatic carbocycles. The van der Waals surface area contributed by atoms with Gasteiger partial charge >= 0.3 is 0 Å². The molecule has 0 fully saturated rings. The summed E-state index contributed by atoms with van der Waals surface area (Å²) < 4.78 is 5.56. The Morgan fingerprint density at radius 2 is 2.00 bits per heavy atom. The lowest BCUT2D eigenvalue weighted by Crippen LogP contribution is -2.56. The largest absolute Gasteiger partial charge is 0.410 e. The number of hydrogen-bond donors (Lipinski definition) is 1. The molecule has 3 N–H and O–H groups in total. The van der Waals surface area contributed by atoms with Gasteiger partial charge in [0.05, 0.1) is 0 Å². The predicted octanol–water partition coefficient (Wildman–Crippen LogP) is 1.90. The van der Waals surface area contributed by atoms with Crippen LogP contribution in [0.5, 0.6) is 0 Å². The van der Waals surface area contributed by atoms with E-state index in [0.717, 1.165) is 6.42 Å². The number of nitrogens with zero attached hydrogens (tertiary/aromatic N) is 2. The molecule has 15 heavy (non-hydrogen) atoms. The molecule has 5 heteroatoms. The number of quaternary nitrogens is 1. The van der Waals surface area contributed by atoms with E-state index in [2.05, 4.69) is 43.6 Å². The Balaban J connectivity index is 2.66. The molecule has 0 radical (unpaired) electrons. The summed E-state index contributed by atoms with van der Waals surface area (Å²) in [5.41, 5.74) is 4.07. The minimum absolute atomic E-state index is 0.101. The fourth-order valence-corrected chi connectivity index (χ4v) is 1.77. The molecule has 0 unspecified atom stereocenters. The van der Waals surface area contributed by atoms with E-state index in [0.29, 0.717) is 22.3 Å². The Hall–Kier alpha value is -0.550. The van der Waals surface area contributed by atoms with E-state index in [9.17, 15) is 0 Å². The maximum Gasteiger partial charge on any atom is 0.277 e. The molecular weight excluding hydrogens is 210 g/mol. The van der Waals surface area contributed by atoms with E-state index in [-0.39, 0.29) is 6.04 Å². The molecule has 2 atom stereocenters. The van der Waals surface area contributed by atoms with Gasteiger partial charge in [-0.3, -0.25) is 0 Å². The van der Waals surface area contributed by atoms with Crippen LogP contribution in [0.2, 0.25) is 0 Å². The standard InChI is InChI=1S/C10H19N3OS/c1-5-7(4)8(11)9-12-13-10(14-9)15-6(2)3/h6-8H,5,11H2,1-4H3/p+1/t7-,8+/m1/s1. The van der Waals surface area contributed by atoms with E-state index in [1.54, 1.807) is 11.8 Å². The van der Waals surface area contributed by atoms with Crippen molar-refractivity contribution in [2.75, 3.05) is 0 Å². The Labute approximate surface area is 95.0 Å². The maximum absolute atomic E-state index is 5.56. The van der Waals surface area contributed by atoms with Gasteiger partial charge in [-0.15, -0.1) is 10.2 Å². The van der Waals surface area contributed by atoms with E-state index < -0.39 is 0 Å². The average molecular weight is 230 g/mol. The predicted molar refractivity (Wildman–Crippen MR) is 60.4 cm³/mol. The van der Waals surface area contributed by atoms with Crippen molar-refractivity contribution in [3.05, 3.63) is 5.89 Å². The first kappa shape index (κ1) is 12.5. The van der Waals surface area contributed by atoms with Crippen molar-refractivity contribution in [2.45, 2.75) is 50.6 Å². The van der Waals surface area contributed by atoms with Gasteiger partial charge in [0.1, 0.15) is 0 Å². The third-order valence-corrected chi connectivity index (χ3v) is 3.24. The molecule has 1 aromatic heterocycles. The van der Waals surface area contributed by atoms with Crippen LogP contribution in [0.1, 0.15) is 46.0 Å². The molecule has 0 aliphatic heterocycles. The van der Waals surface area contributed by atoms with E-state index in [4.69, 9.17) is 4.42 Å². The first-order valence-corrected chi connectivity index (χ1v) is 6.25. The Morgan fingerprint density at radius 3 is 2.53 bits per heavy atom. The second-order valence-electron chi connectivity index (χ2n) is 4.06. The zero-order valence-electron chi connectivity index (χ0n) is 9.86. The quantitative estimate of drug-likeness (QED) is 0.784. The molecule has 0 bridgehead atoms. The summed E-state index contributed by atoms with van der Waals surface area (Å²) in [6, 6.07) is 0.101. The first-order chi connectivity index (χ1) is 7.04. The minimum Gasteiger partial charge on any atom is -0.410 e. The monoisotopic (exact) mass is 230 g/mol. The van der Waals surface area contributed by atoms with Crippen molar-refractivity contribution in [2.24, 2.45) is 5.92 Å². The third-order valence-electron chi connectivity index (χ3n) is 2.41. The van der Waals surface area contributed by atoms with Gasteiger partial charge in [0.2, 0.25) is 0 Å². The molecule has 4 nitrogen and oxygen atoms in total. The SMILES string of the molecule is CC[C@@H](C)[C@H]([NH3+])c1nnc(SC(C)C)o1. The van der Waals surface area contributed by atoms with Crippen LogP contribution in [0.15, 0.2) is 9.64 Å². The van der Waals surface area contributed by atoms with Crippen LogP contribution in [0.3, 0.4) is 0 Å². The zero-order valence-corrected chi connectivity index (χ0v) is 10.7. The van der Waals surface area contributed by atoms with Gasteiger partial charge in [-0.2, -0.15) is 0 Å². The van der Waals surface area contributed by atoms with Crippen LogP contribution >= 0.6 is 11.8 Å². The first-order valence-electron chi connectivity index (χ1n) is 5.37. The molecule has 86 valence electrons. The summed E-state index contributed by atoms with van der Waals surface area (Å²) in [4.78, 5) is 0. The second-order valence-corrected chi connectivity index (χ2v) is 5.59. The van der Waals surface area contributed by atoms with Crippen molar-refractivity contribution in [1.29, 1.82) is 0 Å². The molecule has 1 aromatic rings. The van der Waals surface area contributed by atoms with Gasteiger partial charge < -0.3 is 10.2 Å². The van der Waals surface area contributed by atoms with Gasteiger partial charge in [0.25, 0.3) is 11.1 Å². The Kier molecular flexibility index (Phi) is 4.60. The summed E-state index contributed by atoms with van der Waals surface area (Å²) in [6.45, 7) is 8.50. The van der Waals surface area contributed by atoms with Gasteiger partial charge in [-0.25, -0.2) is 0 Å². The average Bonchev–Trinajstić information content (AvgIpc) is 2.63. The van der Waals surface area contributed by atoms with Crippen LogP contribution in [0.25, 0.3) is 0 Å². The smallest absolute Gasteiger partial charge is 0.277 e. The normalized spacial score (nSPS) is 15.6. The third kappa shape index (κ3) is 3.50. The highest BCUT2D eigenvalue weighted by atomic mass is 32.2. The fourth-order valence-electron chi connectivity index (χ4n) is 1.15. The van der Waals surface area contributed by atoms with Crippen molar-refractivity contribution >= 4 is 11.8 Å². The van der Waals surface area contributed by atoms with E-state index in [1.807, 2.05) is 0 Å². The summed E-state index contributed by atoms with van der Waals surface area (Å²) in [5.74, 6) is 1.13. The highest BCUT2D eigenvalue weighted by molar-refractivity contribution is 7.99. The summed E-state index contributed by atoms with van der Waals surface area (Å²) in [6.07, 6.45) is 1.07. The number of thioether (sulfide) groups is 1. The maximum atomic E-state index is 5.56. The number of aromatic nitrogens is 2. The van der Waals surface area contributed by atoms with Crippen molar-refractivity contribution in [3.8, 4) is 0 Å². The molecule has 0 amide bonds. The molecule has 0 aliphatic rings. The lowest BCUT2D eigenvalue weighted by molar-refractivity contribution is -0.444. The lowest BCUT2D eigenvalue weighted by Gasteiger charge is -2.09. The second kappa shape index (κ2) is 5.51. The lowest BCUT2D eigenvalue weighted by atomic mass is 10.0. The van der Waals surface area contributed by atoms with E-state index in [1.165, 1.54) is 0 Å². The molecule has 1 rings (SSSR count). The number of hydrogen-bond acceptors (Lipinski definition) is 4. The van der Waals surface area contributed by atoms with Crippen molar-refractivity contribution < 1.29 is 10.2 Å². The van der Waals surface area contributed by atoms with Crippen molar-refractivity contribution in [3.63, 3.8) is 0 Å². The van der Waals surface area contributed by atoms with Gasteiger partial charge in [-0.1, -0.05) is 39.5 Å². The molecule has 0 saturated carbocycles. The molecule has 0 spiro atoms.